The fourth-order valence-corrected chi connectivity index (χ4v) is 6.01. The van der Waals surface area contributed by atoms with E-state index in [2.05, 4.69) is 32.2 Å². The highest BCUT2D eigenvalue weighted by atomic mass is 32.2. The van der Waals surface area contributed by atoms with Crippen LogP contribution < -0.4 is 9.62 Å². The molecule has 9 heteroatoms. The lowest BCUT2D eigenvalue weighted by molar-refractivity contribution is -0.122. The molecule has 2 aromatic rings. The molecule has 0 bridgehead atoms. The third-order valence-corrected chi connectivity index (χ3v) is 9.27. The smallest absolute Gasteiger partial charge is 0.232 e. The van der Waals surface area contributed by atoms with Gasteiger partial charge in [0.2, 0.25) is 15.9 Å². The molecule has 1 atom stereocenters. The lowest BCUT2D eigenvalue weighted by Crippen LogP contribution is -2.29. The maximum absolute atomic E-state index is 14.7. The second kappa shape index (κ2) is 11.5. The average Bonchev–Trinajstić information content (AvgIpc) is 2.81. The summed E-state index contributed by atoms with van der Waals surface area (Å²) in [6.07, 6.45) is 7.17. The summed E-state index contributed by atoms with van der Waals surface area (Å²) in [4.78, 5) is 18.0. The number of hydrogen-bond donors (Lipinski definition) is 1. The summed E-state index contributed by atoms with van der Waals surface area (Å²) in [6, 6.07) is 8.30. The maximum Gasteiger partial charge on any atom is 0.232 e. The molecule has 0 aliphatic heterocycles. The molecule has 1 amide bonds. The van der Waals surface area contributed by atoms with Gasteiger partial charge in [0, 0.05) is 35.5 Å². The van der Waals surface area contributed by atoms with Crippen LogP contribution in [0.15, 0.2) is 35.4 Å². The van der Waals surface area contributed by atoms with Crippen LogP contribution in [0.2, 0.25) is 0 Å². The summed E-state index contributed by atoms with van der Waals surface area (Å²) in [5.41, 5.74) is 2.37. The van der Waals surface area contributed by atoms with Gasteiger partial charge in [-0.1, -0.05) is 52.2 Å². The molecule has 1 aliphatic rings. The Morgan fingerprint density at radius 1 is 1.19 bits per heavy atom. The molecule has 1 N–H and O–H groups in total. The van der Waals surface area contributed by atoms with Crippen LogP contribution in [-0.2, 0) is 26.8 Å². The van der Waals surface area contributed by atoms with Gasteiger partial charge in [-0.15, -0.1) is 11.8 Å². The Morgan fingerprint density at radius 3 is 2.44 bits per heavy atom. The van der Waals surface area contributed by atoms with Gasteiger partial charge in [-0.25, -0.2) is 17.8 Å². The van der Waals surface area contributed by atoms with Crippen molar-refractivity contribution in [3.05, 3.63) is 53.0 Å². The minimum atomic E-state index is -3.59. The van der Waals surface area contributed by atoms with E-state index in [0.29, 0.717) is 17.4 Å². The van der Waals surface area contributed by atoms with E-state index in [-0.39, 0.29) is 17.0 Å². The Labute approximate surface area is 219 Å². The molecule has 1 saturated carbocycles. The van der Waals surface area contributed by atoms with Crippen LogP contribution in [0.25, 0.3) is 0 Å². The number of carbonyl (C=O) groups is 1. The normalized spacial score (nSPS) is 16.0. The van der Waals surface area contributed by atoms with Crippen molar-refractivity contribution in [1.29, 1.82) is 0 Å². The number of rotatable bonds is 8. The van der Waals surface area contributed by atoms with Crippen LogP contribution in [0.5, 0.6) is 0 Å². The van der Waals surface area contributed by atoms with Gasteiger partial charge >= 0.3 is 0 Å². The van der Waals surface area contributed by atoms with Crippen molar-refractivity contribution in [2.45, 2.75) is 88.0 Å². The Balaban J connectivity index is 1.74. The Morgan fingerprint density at radius 2 is 1.86 bits per heavy atom. The minimum absolute atomic E-state index is 0.0525. The summed E-state index contributed by atoms with van der Waals surface area (Å²) in [5.74, 6) is -1.52. The number of amides is 1. The summed E-state index contributed by atoms with van der Waals surface area (Å²) >= 11 is 1.82. The second-order valence-electron chi connectivity index (χ2n) is 10.7. The van der Waals surface area contributed by atoms with Crippen LogP contribution in [0.1, 0.15) is 82.5 Å². The van der Waals surface area contributed by atoms with Crippen molar-refractivity contribution in [3.63, 3.8) is 0 Å². The molecule has 1 aromatic heterocycles. The number of pyridine rings is 1. The number of hydrogen-bond acceptors (Lipinski definition) is 5. The highest BCUT2D eigenvalue weighted by Gasteiger charge is 2.23. The van der Waals surface area contributed by atoms with E-state index in [1.807, 2.05) is 17.8 Å². The lowest BCUT2D eigenvalue weighted by atomic mass is 9.91. The van der Waals surface area contributed by atoms with Crippen LogP contribution in [-0.4, -0.2) is 37.9 Å². The average molecular weight is 536 g/mol. The third-order valence-electron chi connectivity index (χ3n) is 6.69. The number of carbonyl (C=O) groups excluding carboxylic acids is 1. The molecule has 1 aromatic carbocycles. The van der Waals surface area contributed by atoms with Crippen LogP contribution in [0, 0.1) is 5.82 Å². The molecule has 198 valence electrons. The van der Waals surface area contributed by atoms with Crippen molar-refractivity contribution in [2.75, 3.05) is 17.6 Å². The first-order valence-electron chi connectivity index (χ1n) is 12.5. The molecule has 0 saturated heterocycles. The maximum atomic E-state index is 14.7. The van der Waals surface area contributed by atoms with Crippen molar-refractivity contribution >= 4 is 33.4 Å². The van der Waals surface area contributed by atoms with Crippen LogP contribution in [0.4, 0.5) is 10.1 Å². The van der Waals surface area contributed by atoms with Gasteiger partial charge in [-0.2, -0.15) is 0 Å². The van der Waals surface area contributed by atoms with Crippen molar-refractivity contribution in [1.82, 2.24) is 10.3 Å². The summed E-state index contributed by atoms with van der Waals surface area (Å²) in [6.45, 7) is 8.48. The summed E-state index contributed by atoms with van der Waals surface area (Å²) in [5, 5.41) is 4.51. The first kappa shape index (κ1) is 28.4. The molecule has 3 rings (SSSR count). The minimum Gasteiger partial charge on any atom is -0.351 e. The number of benzene rings is 1. The topological polar surface area (TPSA) is 79.4 Å². The Kier molecular flexibility index (Phi) is 9.09. The van der Waals surface area contributed by atoms with Gasteiger partial charge in [-0.05, 0) is 43.5 Å². The first-order valence-corrected chi connectivity index (χ1v) is 15.2. The van der Waals surface area contributed by atoms with E-state index in [1.54, 1.807) is 13.0 Å². The van der Waals surface area contributed by atoms with Gasteiger partial charge in [0.1, 0.15) is 10.8 Å². The van der Waals surface area contributed by atoms with E-state index in [4.69, 9.17) is 4.98 Å². The van der Waals surface area contributed by atoms with E-state index in [1.165, 1.54) is 51.3 Å². The molecule has 0 radical (unpaired) electrons. The zero-order valence-corrected chi connectivity index (χ0v) is 23.7. The summed E-state index contributed by atoms with van der Waals surface area (Å²) < 4.78 is 39.0. The number of anilines is 1. The third kappa shape index (κ3) is 7.22. The zero-order chi connectivity index (χ0) is 26.7. The van der Waals surface area contributed by atoms with Crippen molar-refractivity contribution in [3.8, 4) is 0 Å². The van der Waals surface area contributed by atoms with E-state index in [0.717, 1.165) is 26.8 Å². The van der Waals surface area contributed by atoms with Gasteiger partial charge in [0.25, 0.3) is 0 Å². The predicted octanol–water partition coefficient (Wildman–Crippen LogP) is 5.76. The summed E-state index contributed by atoms with van der Waals surface area (Å²) in [7, 11) is -2.29. The van der Waals surface area contributed by atoms with Crippen molar-refractivity contribution < 1.29 is 17.6 Å². The van der Waals surface area contributed by atoms with Crippen LogP contribution in [0.3, 0.4) is 0 Å². The number of sulfonamides is 1. The zero-order valence-electron chi connectivity index (χ0n) is 22.1. The van der Waals surface area contributed by atoms with Gasteiger partial charge in [-0.3, -0.25) is 9.10 Å². The van der Waals surface area contributed by atoms with E-state index < -0.39 is 21.8 Å². The molecular formula is C27H38FN3O3S2. The van der Waals surface area contributed by atoms with E-state index in [9.17, 15) is 17.6 Å². The Bertz CT molecular complexity index is 1190. The standard InChI is InChI=1S/C27H38FN3O3S2/c1-18(19-12-14-23(22(28)16-19)31(5)36(6,33)34)25(32)29-17-20-13-15-24(27(2,3)4)30-26(20)35-21-10-8-7-9-11-21/h12-16,18,21H,7-11,17H2,1-6H3,(H,29,32). The predicted molar refractivity (Wildman–Crippen MR) is 146 cm³/mol. The molecule has 0 spiro atoms. The van der Waals surface area contributed by atoms with Crippen LogP contribution >= 0.6 is 11.8 Å². The van der Waals surface area contributed by atoms with Gasteiger partial charge in [0.05, 0.1) is 17.9 Å². The fraction of sp³-hybridized carbons (Fsp3) is 0.556. The molecule has 1 unspecified atom stereocenters. The second-order valence-corrected chi connectivity index (χ2v) is 14.0. The lowest BCUT2D eigenvalue weighted by Gasteiger charge is -2.24. The highest BCUT2D eigenvalue weighted by Crippen LogP contribution is 2.36. The van der Waals surface area contributed by atoms with Crippen molar-refractivity contribution in [2.24, 2.45) is 0 Å². The SMILES string of the molecule is CC(C(=O)NCc1ccc(C(C)(C)C)nc1SC1CCCCC1)c1ccc(N(C)S(C)(=O)=O)c(F)c1. The van der Waals surface area contributed by atoms with Gasteiger partial charge < -0.3 is 5.32 Å². The quantitative estimate of drug-likeness (QED) is 0.465. The fourth-order valence-electron chi connectivity index (χ4n) is 4.18. The molecule has 6 nitrogen and oxygen atoms in total. The largest absolute Gasteiger partial charge is 0.351 e. The molecular weight excluding hydrogens is 497 g/mol. The number of nitrogens with zero attached hydrogens (tertiary/aromatic N) is 2. The number of halogens is 1. The molecule has 1 heterocycles. The van der Waals surface area contributed by atoms with Gasteiger partial charge in [0.15, 0.2) is 0 Å². The number of nitrogens with one attached hydrogen (secondary N) is 1. The first-order chi connectivity index (χ1) is 16.8. The highest BCUT2D eigenvalue weighted by molar-refractivity contribution is 7.99. The number of aromatic nitrogens is 1. The Hall–Kier alpha value is -2.13. The van der Waals surface area contributed by atoms with E-state index >= 15 is 0 Å². The monoisotopic (exact) mass is 535 g/mol. The number of thioether (sulfide) groups is 1. The molecule has 36 heavy (non-hydrogen) atoms. The molecule has 1 fully saturated rings. The molecule has 1 aliphatic carbocycles.